The van der Waals surface area contributed by atoms with E-state index in [0.29, 0.717) is 11.1 Å². The Morgan fingerprint density at radius 3 is 1.37 bits per heavy atom. The van der Waals surface area contributed by atoms with E-state index in [1.807, 2.05) is 26.0 Å². The first-order valence-corrected chi connectivity index (χ1v) is 6.34. The highest BCUT2D eigenvalue weighted by Gasteiger charge is 2.06. The minimum Gasteiger partial charge on any atom is -0.507 e. The third-order valence-electron chi connectivity index (χ3n) is 2.51. The van der Waals surface area contributed by atoms with Gasteiger partial charge in [-0.15, -0.1) is 0 Å². The Bertz CT molecular complexity index is 449. The number of aromatic hydroxyl groups is 2. The highest BCUT2D eigenvalue weighted by atomic mass is 16.5. The van der Waals surface area contributed by atoms with Gasteiger partial charge in [0.05, 0.1) is 0 Å². The summed E-state index contributed by atoms with van der Waals surface area (Å²) in [6.07, 6.45) is 0. The fourth-order valence-electron chi connectivity index (χ4n) is 1.61. The van der Waals surface area contributed by atoms with E-state index in [4.69, 9.17) is 4.74 Å². The molecule has 0 saturated heterocycles. The predicted molar refractivity (Wildman–Crippen MR) is 77.4 cm³/mol. The summed E-state index contributed by atoms with van der Waals surface area (Å²) in [5.41, 5.74) is 1.29. The number of para-hydroxylation sites is 2. The minimum atomic E-state index is 0.175. The molecule has 0 saturated carbocycles. The van der Waals surface area contributed by atoms with Crippen molar-refractivity contribution in [3.05, 3.63) is 48.5 Å². The number of ether oxygens (including phenoxy) is 1. The second-order valence-electron chi connectivity index (χ2n) is 3.82. The lowest BCUT2D eigenvalue weighted by Crippen LogP contribution is -1.84. The lowest BCUT2D eigenvalue weighted by atomic mass is 10.0. The summed E-state index contributed by atoms with van der Waals surface area (Å²) >= 11 is 0. The van der Waals surface area contributed by atoms with Crippen molar-refractivity contribution in [2.24, 2.45) is 0 Å². The van der Waals surface area contributed by atoms with Gasteiger partial charge >= 0.3 is 0 Å². The molecule has 0 amide bonds. The van der Waals surface area contributed by atoms with Gasteiger partial charge in [0, 0.05) is 24.3 Å². The topological polar surface area (TPSA) is 49.7 Å². The van der Waals surface area contributed by atoms with Crippen LogP contribution in [-0.2, 0) is 4.74 Å². The van der Waals surface area contributed by atoms with Gasteiger partial charge in [0.2, 0.25) is 0 Å². The Morgan fingerprint density at radius 1 is 0.737 bits per heavy atom. The van der Waals surface area contributed by atoms with Crippen molar-refractivity contribution in [1.82, 2.24) is 0 Å². The second-order valence-corrected chi connectivity index (χ2v) is 3.82. The van der Waals surface area contributed by atoms with Crippen molar-refractivity contribution in [2.45, 2.75) is 13.8 Å². The summed E-state index contributed by atoms with van der Waals surface area (Å²) < 4.78 is 4.83. The van der Waals surface area contributed by atoms with Gasteiger partial charge in [-0.05, 0) is 26.0 Å². The third-order valence-corrected chi connectivity index (χ3v) is 2.51. The summed E-state index contributed by atoms with van der Waals surface area (Å²) in [6.45, 7) is 5.67. The predicted octanol–water partition coefficient (Wildman–Crippen LogP) is 3.81. The van der Waals surface area contributed by atoms with E-state index in [1.165, 1.54) is 0 Å². The third kappa shape index (κ3) is 4.64. The van der Waals surface area contributed by atoms with E-state index in [9.17, 15) is 10.2 Å². The van der Waals surface area contributed by atoms with E-state index >= 15 is 0 Å². The Balaban J connectivity index is 0.000000312. The molecule has 0 heterocycles. The average Bonchev–Trinajstić information content (AvgIpc) is 2.42. The average molecular weight is 260 g/mol. The van der Waals surface area contributed by atoms with Crippen LogP contribution >= 0.6 is 0 Å². The smallest absolute Gasteiger partial charge is 0.123 e. The van der Waals surface area contributed by atoms with Crippen molar-refractivity contribution in [1.29, 1.82) is 0 Å². The van der Waals surface area contributed by atoms with Crippen molar-refractivity contribution < 1.29 is 14.9 Å². The zero-order valence-corrected chi connectivity index (χ0v) is 11.3. The van der Waals surface area contributed by atoms with Crippen LogP contribution in [0.25, 0.3) is 11.1 Å². The van der Waals surface area contributed by atoms with Crippen LogP contribution in [0.4, 0.5) is 0 Å². The summed E-state index contributed by atoms with van der Waals surface area (Å²) in [5.74, 6) is 0.350. The first-order valence-electron chi connectivity index (χ1n) is 6.34. The summed E-state index contributed by atoms with van der Waals surface area (Å²) in [7, 11) is 0. The molecule has 2 aromatic rings. The monoisotopic (exact) mass is 260 g/mol. The molecule has 0 aliphatic carbocycles. The zero-order valence-electron chi connectivity index (χ0n) is 11.3. The molecule has 0 aliphatic rings. The lowest BCUT2D eigenvalue weighted by molar-refractivity contribution is 0.162. The highest BCUT2D eigenvalue weighted by molar-refractivity contribution is 5.74. The maximum absolute atomic E-state index is 9.58. The van der Waals surface area contributed by atoms with Gasteiger partial charge in [-0.3, -0.25) is 0 Å². The molecule has 2 aromatic carbocycles. The van der Waals surface area contributed by atoms with E-state index in [-0.39, 0.29) is 11.5 Å². The zero-order chi connectivity index (χ0) is 14.1. The van der Waals surface area contributed by atoms with E-state index in [0.717, 1.165) is 13.2 Å². The van der Waals surface area contributed by atoms with Crippen LogP contribution in [0.5, 0.6) is 11.5 Å². The summed E-state index contributed by atoms with van der Waals surface area (Å²) in [6, 6.07) is 13.9. The van der Waals surface area contributed by atoms with Crippen LogP contribution in [0.1, 0.15) is 13.8 Å². The second kappa shape index (κ2) is 8.16. The van der Waals surface area contributed by atoms with Crippen LogP contribution in [0.3, 0.4) is 0 Å². The van der Waals surface area contributed by atoms with Gasteiger partial charge in [-0.1, -0.05) is 36.4 Å². The largest absolute Gasteiger partial charge is 0.507 e. The Kier molecular flexibility index (Phi) is 6.47. The molecule has 102 valence electrons. The molecule has 0 unspecified atom stereocenters. The van der Waals surface area contributed by atoms with Crippen LogP contribution < -0.4 is 0 Å². The van der Waals surface area contributed by atoms with Gasteiger partial charge in [0.1, 0.15) is 11.5 Å². The molecule has 2 N–H and O–H groups in total. The van der Waals surface area contributed by atoms with Crippen LogP contribution in [0, 0.1) is 0 Å². The van der Waals surface area contributed by atoms with E-state index in [1.54, 1.807) is 36.4 Å². The van der Waals surface area contributed by atoms with Gasteiger partial charge < -0.3 is 14.9 Å². The molecule has 0 aromatic heterocycles. The fraction of sp³-hybridized carbons (Fsp3) is 0.250. The molecule has 19 heavy (non-hydrogen) atoms. The van der Waals surface area contributed by atoms with Crippen LogP contribution in [0.2, 0.25) is 0 Å². The molecule has 0 bridgehead atoms. The molecule has 2 rings (SSSR count). The summed E-state index contributed by atoms with van der Waals surface area (Å²) in [4.78, 5) is 0. The van der Waals surface area contributed by atoms with Crippen molar-refractivity contribution in [3.8, 4) is 22.6 Å². The van der Waals surface area contributed by atoms with Gasteiger partial charge in [-0.25, -0.2) is 0 Å². The molecule has 3 heteroatoms. The molecular weight excluding hydrogens is 240 g/mol. The van der Waals surface area contributed by atoms with Crippen molar-refractivity contribution in [3.63, 3.8) is 0 Å². The highest BCUT2D eigenvalue weighted by Crippen LogP contribution is 2.34. The van der Waals surface area contributed by atoms with E-state index in [2.05, 4.69) is 0 Å². The normalized spacial score (nSPS) is 9.58. The van der Waals surface area contributed by atoms with Gasteiger partial charge in [0.15, 0.2) is 0 Å². The first-order chi connectivity index (χ1) is 9.20. The molecule has 0 atom stereocenters. The molecule has 0 radical (unpaired) electrons. The Hall–Kier alpha value is -2.00. The van der Waals surface area contributed by atoms with Gasteiger partial charge in [0.25, 0.3) is 0 Å². The minimum absolute atomic E-state index is 0.175. The summed E-state index contributed by atoms with van der Waals surface area (Å²) in [5, 5.41) is 19.2. The van der Waals surface area contributed by atoms with Crippen LogP contribution in [-0.4, -0.2) is 23.4 Å². The maximum atomic E-state index is 9.58. The maximum Gasteiger partial charge on any atom is 0.123 e. The van der Waals surface area contributed by atoms with E-state index < -0.39 is 0 Å². The van der Waals surface area contributed by atoms with Crippen LogP contribution in [0.15, 0.2) is 48.5 Å². The molecule has 3 nitrogen and oxygen atoms in total. The lowest BCUT2D eigenvalue weighted by Gasteiger charge is -2.05. The molecule has 0 aliphatic heterocycles. The van der Waals surface area contributed by atoms with Crippen molar-refractivity contribution >= 4 is 0 Å². The molecule has 0 fully saturated rings. The number of phenols is 2. The number of hydrogen-bond acceptors (Lipinski definition) is 3. The fourth-order valence-corrected chi connectivity index (χ4v) is 1.61. The van der Waals surface area contributed by atoms with Crippen molar-refractivity contribution in [2.75, 3.05) is 13.2 Å². The SMILES string of the molecule is CCOCC.Oc1ccccc1-c1ccccc1O. The standard InChI is InChI=1S/C12H10O2.C4H10O/c13-11-7-3-1-5-9(11)10-6-2-4-8-12(10)14;1-3-5-4-2/h1-8,13-14H;3-4H2,1-2H3. The number of hydrogen-bond donors (Lipinski definition) is 2. The number of benzene rings is 2. The quantitative estimate of drug-likeness (QED) is 0.882. The first kappa shape index (κ1) is 15.1. The number of phenolic OH excluding ortho intramolecular Hbond substituents is 2. The number of rotatable bonds is 3. The molecule has 0 spiro atoms. The molecular formula is C16H20O3. The van der Waals surface area contributed by atoms with Gasteiger partial charge in [-0.2, -0.15) is 0 Å². The Labute approximate surface area is 114 Å². The Morgan fingerprint density at radius 2 is 1.11 bits per heavy atom.